The van der Waals surface area contributed by atoms with E-state index in [-0.39, 0.29) is 5.69 Å². The van der Waals surface area contributed by atoms with Crippen LogP contribution < -0.4 is 0 Å². The van der Waals surface area contributed by atoms with Gasteiger partial charge in [0.05, 0.1) is 22.5 Å². The highest BCUT2D eigenvalue weighted by Gasteiger charge is 2.09. The largest absolute Gasteiger partial charge is 0.354 e. The van der Waals surface area contributed by atoms with Crippen molar-refractivity contribution in [1.82, 2.24) is 15.2 Å². The Balaban J connectivity index is 2.39. The monoisotopic (exact) mass is 178 g/mol. The van der Waals surface area contributed by atoms with Crippen molar-refractivity contribution in [2.24, 2.45) is 0 Å². The number of aromatic amines is 2. The van der Waals surface area contributed by atoms with Gasteiger partial charge in [0.2, 0.25) is 0 Å². The molecule has 0 amide bonds. The number of H-pyrrole nitrogens is 2. The summed E-state index contributed by atoms with van der Waals surface area (Å²) in [7, 11) is 0. The first kappa shape index (κ1) is 7.53. The van der Waals surface area contributed by atoms with E-state index in [1.807, 2.05) is 0 Å². The molecule has 0 saturated carbocycles. The lowest BCUT2D eigenvalue weighted by atomic mass is 10.3. The van der Waals surface area contributed by atoms with E-state index in [2.05, 4.69) is 15.2 Å². The van der Waals surface area contributed by atoms with Gasteiger partial charge in [0.25, 0.3) is 5.69 Å². The minimum absolute atomic E-state index is 0.0459. The van der Waals surface area contributed by atoms with Crippen molar-refractivity contribution in [1.29, 1.82) is 0 Å². The van der Waals surface area contributed by atoms with Gasteiger partial charge in [0.1, 0.15) is 0 Å². The number of nitro groups is 1. The second-order valence-corrected chi connectivity index (χ2v) is 2.50. The molecule has 6 nitrogen and oxygen atoms in total. The first-order valence-electron chi connectivity index (χ1n) is 3.60. The highest BCUT2D eigenvalue weighted by atomic mass is 16.6. The predicted molar refractivity (Wildman–Crippen MR) is 45.0 cm³/mol. The van der Waals surface area contributed by atoms with Crippen LogP contribution in [0, 0.1) is 10.1 Å². The normalized spacial score (nSPS) is 10.2. The molecule has 0 saturated heterocycles. The molecule has 2 heterocycles. The molecule has 2 aromatic heterocycles. The van der Waals surface area contributed by atoms with Gasteiger partial charge in [0.15, 0.2) is 0 Å². The SMILES string of the molecule is O=[N+]([O-])c1c[nH]c(-c2ccn[nH]2)c1. The maximum atomic E-state index is 10.3. The second-order valence-electron chi connectivity index (χ2n) is 2.50. The Morgan fingerprint density at radius 3 is 2.85 bits per heavy atom. The van der Waals surface area contributed by atoms with Crippen LogP contribution in [-0.4, -0.2) is 20.1 Å². The molecule has 0 aliphatic carbocycles. The molecule has 66 valence electrons. The fraction of sp³-hybridized carbons (Fsp3) is 0. The molecule has 0 atom stereocenters. The Labute approximate surface area is 72.7 Å². The van der Waals surface area contributed by atoms with E-state index < -0.39 is 4.92 Å². The summed E-state index contributed by atoms with van der Waals surface area (Å²) in [5.74, 6) is 0. The summed E-state index contributed by atoms with van der Waals surface area (Å²) in [6, 6.07) is 3.18. The first-order valence-corrected chi connectivity index (χ1v) is 3.60. The summed E-state index contributed by atoms with van der Waals surface area (Å²) in [6.45, 7) is 0. The summed E-state index contributed by atoms with van der Waals surface area (Å²) in [6.07, 6.45) is 2.93. The molecule has 0 spiro atoms. The van der Waals surface area contributed by atoms with Crippen molar-refractivity contribution in [2.75, 3.05) is 0 Å². The number of rotatable bonds is 2. The third-order valence-corrected chi connectivity index (χ3v) is 1.67. The Morgan fingerprint density at radius 2 is 2.31 bits per heavy atom. The zero-order valence-corrected chi connectivity index (χ0v) is 6.52. The first-order chi connectivity index (χ1) is 6.27. The number of nitrogens with zero attached hydrogens (tertiary/aromatic N) is 2. The minimum Gasteiger partial charge on any atom is -0.354 e. The van der Waals surface area contributed by atoms with Crippen molar-refractivity contribution in [2.45, 2.75) is 0 Å². The lowest BCUT2D eigenvalue weighted by molar-refractivity contribution is -0.384. The van der Waals surface area contributed by atoms with Gasteiger partial charge in [-0.2, -0.15) is 5.10 Å². The minimum atomic E-state index is -0.448. The molecule has 0 fully saturated rings. The van der Waals surface area contributed by atoms with E-state index in [1.54, 1.807) is 12.3 Å². The maximum absolute atomic E-state index is 10.3. The average Bonchev–Trinajstić information content (AvgIpc) is 2.75. The molecule has 6 heteroatoms. The van der Waals surface area contributed by atoms with E-state index in [4.69, 9.17) is 0 Å². The summed E-state index contributed by atoms with van der Waals surface area (Å²) >= 11 is 0. The van der Waals surface area contributed by atoms with Crippen LogP contribution in [0.3, 0.4) is 0 Å². The Morgan fingerprint density at radius 1 is 1.46 bits per heavy atom. The third kappa shape index (κ3) is 1.28. The van der Waals surface area contributed by atoms with Crippen molar-refractivity contribution < 1.29 is 4.92 Å². The molecule has 0 aliphatic rings. The molecule has 0 radical (unpaired) electrons. The number of hydrogen-bond donors (Lipinski definition) is 2. The number of hydrogen-bond acceptors (Lipinski definition) is 3. The highest BCUT2D eigenvalue weighted by Crippen LogP contribution is 2.20. The van der Waals surface area contributed by atoms with E-state index in [0.29, 0.717) is 5.69 Å². The van der Waals surface area contributed by atoms with Crippen LogP contribution in [-0.2, 0) is 0 Å². The molecule has 0 aliphatic heterocycles. The van der Waals surface area contributed by atoms with Crippen molar-refractivity contribution in [3.8, 4) is 11.4 Å². The maximum Gasteiger partial charge on any atom is 0.287 e. The fourth-order valence-corrected chi connectivity index (χ4v) is 1.05. The van der Waals surface area contributed by atoms with Gasteiger partial charge in [-0.3, -0.25) is 15.2 Å². The van der Waals surface area contributed by atoms with Crippen LogP contribution in [0.15, 0.2) is 24.5 Å². The predicted octanol–water partition coefficient (Wildman–Crippen LogP) is 1.31. The van der Waals surface area contributed by atoms with Crippen LogP contribution in [0.4, 0.5) is 5.69 Å². The Kier molecular flexibility index (Phi) is 1.59. The number of nitrogens with one attached hydrogen (secondary N) is 2. The molecule has 2 aromatic rings. The van der Waals surface area contributed by atoms with Gasteiger partial charge in [-0.25, -0.2) is 0 Å². The molecule has 0 bridgehead atoms. The zero-order valence-electron chi connectivity index (χ0n) is 6.52. The summed E-state index contributed by atoms with van der Waals surface area (Å²) in [4.78, 5) is 12.7. The van der Waals surface area contributed by atoms with Crippen LogP contribution in [0.25, 0.3) is 11.4 Å². The van der Waals surface area contributed by atoms with E-state index in [9.17, 15) is 10.1 Å². The third-order valence-electron chi connectivity index (χ3n) is 1.67. The van der Waals surface area contributed by atoms with Crippen molar-refractivity contribution in [3.63, 3.8) is 0 Å². The average molecular weight is 178 g/mol. The molecular weight excluding hydrogens is 172 g/mol. The topological polar surface area (TPSA) is 87.6 Å². The van der Waals surface area contributed by atoms with Gasteiger partial charge in [-0.15, -0.1) is 0 Å². The lowest BCUT2D eigenvalue weighted by Crippen LogP contribution is -1.82. The fourth-order valence-electron chi connectivity index (χ4n) is 1.05. The van der Waals surface area contributed by atoms with Crippen molar-refractivity contribution in [3.05, 3.63) is 34.6 Å². The van der Waals surface area contributed by atoms with Crippen LogP contribution in [0.5, 0.6) is 0 Å². The molecule has 2 rings (SSSR count). The molecular formula is C7H6N4O2. The van der Waals surface area contributed by atoms with E-state index in [0.717, 1.165) is 5.69 Å². The summed E-state index contributed by atoms with van der Waals surface area (Å²) < 4.78 is 0. The molecule has 13 heavy (non-hydrogen) atoms. The standard InChI is InChI=1S/C7H6N4O2/c12-11(13)5-3-7(8-4-5)6-1-2-9-10-6/h1-4,8H,(H,9,10). The van der Waals surface area contributed by atoms with Gasteiger partial charge >= 0.3 is 0 Å². The summed E-state index contributed by atoms with van der Waals surface area (Å²) in [5, 5.41) is 16.8. The highest BCUT2D eigenvalue weighted by molar-refractivity contribution is 5.57. The summed E-state index contributed by atoms with van der Waals surface area (Å²) in [5.41, 5.74) is 1.43. The van der Waals surface area contributed by atoms with E-state index in [1.165, 1.54) is 12.3 Å². The van der Waals surface area contributed by atoms with Crippen LogP contribution in [0.1, 0.15) is 0 Å². The van der Waals surface area contributed by atoms with Gasteiger partial charge < -0.3 is 4.98 Å². The van der Waals surface area contributed by atoms with Gasteiger partial charge in [0, 0.05) is 12.3 Å². The smallest absolute Gasteiger partial charge is 0.287 e. The molecule has 0 aromatic carbocycles. The Hall–Kier alpha value is -2.11. The van der Waals surface area contributed by atoms with Gasteiger partial charge in [-0.1, -0.05) is 0 Å². The Bertz CT molecular complexity index is 417. The quantitative estimate of drug-likeness (QED) is 0.536. The number of aromatic nitrogens is 3. The van der Waals surface area contributed by atoms with E-state index >= 15 is 0 Å². The van der Waals surface area contributed by atoms with Gasteiger partial charge in [-0.05, 0) is 6.07 Å². The van der Waals surface area contributed by atoms with Crippen molar-refractivity contribution >= 4 is 5.69 Å². The van der Waals surface area contributed by atoms with Crippen LogP contribution in [0.2, 0.25) is 0 Å². The second kappa shape index (κ2) is 2.74. The van der Waals surface area contributed by atoms with Crippen LogP contribution >= 0.6 is 0 Å². The molecule has 2 N–H and O–H groups in total. The molecule has 0 unspecified atom stereocenters. The lowest BCUT2D eigenvalue weighted by Gasteiger charge is -1.86. The zero-order chi connectivity index (χ0) is 9.26.